The van der Waals surface area contributed by atoms with Gasteiger partial charge in [0.25, 0.3) is 5.91 Å². The number of carbonyl (C=O) groups excluding carboxylic acids is 3. The average molecular weight is 474 g/mol. The molecule has 1 fully saturated rings. The van der Waals surface area contributed by atoms with E-state index in [2.05, 4.69) is 5.32 Å². The average Bonchev–Trinajstić information content (AvgIpc) is 3.40. The second-order valence-corrected chi connectivity index (χ2v) is 9.34. The number of nitrogens with one attached hydrogen (secondary N) is 1. The summed E-state index contributed by atoms with van der Waals surface area (Å²) in [4.78, 5) is 39.0. The lowest BCUT2D eigenvalue weighted by atomic mass is 10.1. The van der Waals surface area contributed by atoms with E-state index in [1.165, 1.54) is 0 Å². The fraction of sp³-hybridized carbons (Fsp3) is 0.222. The van der Waals surface area contributed by atoms with Gasteiger partial charge in [0.1, 0.15) is 0 Å². The fourth-order valence-corrected chi connectivity index (χ4v) is 4.65. The summed E-state index contributed by atoms with van der Waals surface area (Å²) in [5.41, 5.74) is 9.06. The molecular weight excluding hydrogens is 446 g/mol. The maximum Gasteiger partial charge on any atom is 0.255 e. The zero-order valence-corrected chi connectivity index (χ0v) is 19.6. The van der Waals surface area contributed by atoms with E-state index in [1.54, 1.807) is 36.0 Å². The summed E-state index contributed by atoms with van der Waals surface area (Å²) in [5, 5.41) is 2.91. The molecule has 3 N–H and O–H groups in total. The van der Waals surface area contributed by atoms with Crippen LogP contribution in [0.2, 0.25) is 0 Å². The lowest BCUT2D eigenvalue weighted by Crippen LogP contribution is -2.29. The normalized spacial score (nSPS) is 13.0. The molecule has 0 saturated carbocycles. The quantitative estimate of drug-likeness (QED) is 0.471. The van der Waals surface area contributed by atoms with E-state index in [9.17, 15) is 14.4 Å². The SMILES string of the molecule is NC(=O)c1ccc(CSc2ccc(C(=O)Nc3ccc(CC(=O)N4CCCC4)cc3)cc2)cc1. The highest BCUT2D eigenvalue weighted by Gasteiger charge is 2.18. The van der Waals surface area contributed by atoms with Crippen LogP contribution in [-0.2, 0) is 17.0 Å². The number of carbonyl (C=O) groups is 3. The fourth-order valence-electron chi connectivity index (χ4n) is 3.80. The zero-order chi connectivity index (χ0) is 23.9. The number of benzene rings is 3. The third-order valence-corrected chi connectivity index (χ3v) is 6.87. The van der Waals surface area contributed by atoms with Crippen molar-refractivity contribution in [2.75, 3.05) is 18.4 Å². The van der Waals surface area contributed by atoms with Gasteiger partial charge >= 0.3 is 0 Å². The Morgan fingerprint density at radius 3 is 2.00 bits per heavy atom. The van der Waals surface area contributed by atoms with Crippen LogP contribution >= 0.6 is 11.8 Å². The number of likely N-dealkylation sites (tertiary alicyclic amines) is 1. The number of thioether (sulfide) groups is 1. The molecule has 1 aliphatic heterocycles. The van der Waals surface area contributed by atoms with Gasteiger partial charge in [-0.15, -0.1) is 11.8 Å². The van der Waals surface area contributed by atoms with Crippen molar-refractivity contribution in [2.45, 2.75) is 29.9 Å². The predicted octanol–water partition coefficient (Wildman–Crippen LogP) is 4.50. The second-order valence-electron chi connectivity index (χ2n) is 8.29. The molecule has 0 bridgehead atoms. The van der Waals surface area contributed by atoms with Gasteiger partial charge in [0.2, 0.25) is 11.8 Å². The van der Waals surface area contributed by atoms with E-state index in [4.69, 9.17) is 5.73 Å². The molecule has 3 amide bonds. The molecule has 7 heteroatoms. The summed E-state index contributed by atoms with van der Waals surface area (Å²) in [5.74, 6) is 0.294. The van der Waals surface area contributed by atoms with E-state index in [-0.39, 0.29) is 11.8 Å². The number of amides is 3. The summed E-state index contributed by atoms with van der Waals surface area (Å²) in [7, 11) is 0. The summed E-state index contributed by atoms with van der Waals surface area (Å²) < 4.78 is 0. The molecule has 4 rings (SSSR count). The molecule has 1 heterocycles. The van der Waals surface area contributed by atoms with Crippen LogP contribution in [0.1, 0.15) is 44.7 Å². The van der Waals surface area contributed by atoms with Crippen molar-refractivity contribution in [3.63, 3.8) is 0 Å². The first-order valence-electron chi connectivity index (χ1n) is 11.3. The first kappa shape index (κ1) is 23.6. The number of hydrogen-bond acceptors (Lipinski definition) is 4. The van der Waals surface area contributed by atoms with Crippen LogP contribution in [0.25, 0.3) is 0 Å². The van der Waals surface area contributed by atoms with Crippen molar-refractivity contribution in [1.82, 2.24) is 4.90 Å². The largest absolute Gasteiger partial charge is 0.366 e. The topological polar surface area (TPSA) is 92.5 Å². The van der Waals surface area contributed by atoms with Crippen molar-refractivity contribution in [1.29, 1.82) is 0 Å². The number of anilines is 1. The van der Waals surface area contributed by atoms with E-state index in [0.717, 1.165) is 47.7 Å². The van der Waals surface area contributed by atoms with Crippen LogP contribution in [0.4, 0.5) is 5.69 Å². The Bertz CT molecular complexity index is 1150. The van der Waals surface area contributed by atoms with Crippen molar-refractivity contribution in [3.05, 3.63) is 95.1 Å². The monoisotopic (exact) mass is 473 g/mol. The molecule has 174 valence electrons. The minimum absolute atomic E-state index is 0.162. The third kappa shape index (κ3) is 6.26. The first-order chi connectivity index (χ1) is 16.5. The number of hydrogen-bond donors (Lipinski definition) is 2. The summed E-state index contributed by atoms with van der Waals surface area (Å²) in [6.07, 6.45) is 2.56. The van der Waals surface area contributed by atoms with Crippen LogP contribution in [0.5, 0.6) is 0 Å². The standard InChI is InChI=1S/C27H27N3O3S/c28-26(32)21-7-3-20(4-8-21)18-34-24-13-9-22(10-14-24)27(33)29-23-11-5-19(6-12-23)17-25(31)30-15-1-2-16-30/h3-14H,1-2,15-18H2,(H2,28,32)(H,29,33). The van der Waals surface area contributed by atoms with Crippen molar-refractivity contribution >= 4 is 35.2 Å². The van der Waals surface area contributed by atoms with Crippen LogP contribution in [-0.4, -0.2) is 35.7 Å². The minimum Gasteiger partial charge on any atom is -0.366 e. The van der Waals surface area contributed by atoms with Crippen molar-refractivity contribution < 1.29 is 14.4 Å². The second kappa shape index (κ2) is 11.0. The zero-order valence-electron chi connectivity index (χ0n) is 18.8. The van der Waals surface area contributed by atoms with Gasteiger partial charge in [-0.25, -0.2) is 0 Å². The van der Waals surface area contributed by atoms with Crippen LogP contribution in [0, 0.1) is 0 Å². The Labute approximate surface area is 203 Å². The Morgan fingerprint density at radius 2 is 1.38 bits per heavy atom. The van der Waals surface area contributed by atoms with E-state index < -0.39 is 5.91 Å². The van der Waals surface area contributed by atoms with Crippen molar-refractivity contribution in [2.24, 2.45) is 5.73 Å². The van der Waals surface area contributed by atoms with Gasteiger partial charge in [0.15, 0.2) is 0 Å². The molecular formula is C27H27N3O3S. The number of rotatable bonds is 8. The maximum absolute atomic E-state index is 12.6. The van der Waals surface area contributed by atoms with Gasteiger partial charge in [0, 0.05) is 40.6 Å². The Hall–Kier alpha value is -3.58. The lowest BCUT2D eigenvalue weighted by Gasteiger charge is -2.15. The van der Waals surface area contributed by atoms with E-state index in [1.807, 2.05) is 53.4 Å². The Morgan fingerprint density at radius 1 is 0.794 bits per heavy atom. The molecule has 1 aliphatic rings. The number of nitrogens with two attached hydrogens (primary N) is 1. The maximum atomic E-state index is 12.6. The first-order valence-corrected chi connectivity index (χ1v) is 12.3. The van der Waals surface area contributed by atoms with E-state index in [0.29, 0.717) is 23.2 Å². The molecule has 3 aromatic carbocycles. The molecule has 3 aromatic rings. The Kier molecular flexibility index (Phi) is 7.65. The summed E-state index contributed by atoms with van der Waals surface area (Å²) in [6, 6.07) is 22.1. The van der Waals surface area contributed by atoms with Gasteiger partial charge in [-0.05, 0) is 72.5 Å². The molecule has 0 aliphatic carbocycles. The molecule has 0 atom stereocenters. The summed E-state index contributed by atoms with van der Waals surface area (Å²) >= 11 is 1.65. The highest BCUT2D eigenvalue weighted by atomic mass is 32.2. The van der Waals surface area contributed by atoms with Gasteiger partial charge in [-0.2, -0.15) is 0 Å². The highest BCUT2D eigenvalue weighted by Crippen LogP contribution is 2.24. The van der Waals surface area contributed by atoms with Crippen molar-refractivity contribution in [3.8, 4) is 0 Å². The van der Waals surface area contributed by atoms with Gasteiger partial charge in [-0.3, -0.25) is 14.4 Å². The molecule has 0 unspecified atom stereocenters. The predicted molar refractivity (Wildman–Crippen MR) is 135 cm³/mol. The number of primary amides is 1. The number of nitrogens with zero attached hydrogens (tertiary/aromatic N) is 1. The summed E-state index contributed by atoms with van der Waals surface area (Å²) in [6.45, 7) is 1.71. The Balaban J connectivity index is 1.27. The van der Waals surface area contributed by atoms with Crippen LogP contribution in [0.15, 0.2) is 77.7 Å². The van der Waals surface area contributed by atoms with Gasteiger partial charge < -0.3 is 16.0 Å². The smallest absolute Gasteiger partial charge is 0.255 e. The minimum atomic E-state index is -0.434. The lowest BCUT2D eigenvalue weighted by molar-refractivity contribution is -0.129. The molecule has 34 heavy (non-hydrogen) atoms. The molecule has 0 aromatic heterocycles. The van der Waals surface area contributed by atoms with Gasteiger partial charge in [0.05, 0.1) is 6.42 Å². The highest BCUT2D eigenvalue weighted by molar-refractivity contribution is 7.98. The molecule has 0 radical (unpaired) electrons. The van der Waals surface area contributed by atoms with E-state index >= 15 is 0 Å². The van der Waals surface area contributed by atoms with Crippen LogP contribution < -0.4 is 11.1 Å². The van der Waals surface area contributed by atoms with Gasteiger partial charge in [-0.1, -0.05) is 24.3 Å². The molecule has 0 spiro atoms. The molecule has 6 nitrogen and oxygen atoms in total. The van der Waals surface area contributed by atoms with Crippen LogP contribution in [0.3, 0.4) is 0 Å². The molecule has 1 saturated heterocycles. The third-order valence-electron chi connectivity index (χ3n) is 5.79.